The number of nitrogens with zero attached hydrogens (tertiary/aromatic N) is 2. The Kier molecular flexibility index (Phi) is 4.82. The van der Waals surface area contributed by atoms with Crippen LogP contribution in [0.5, 0.6) is 0 Å². The first-order valence-corrected chi connectivity index (χ1v) is 5.25. The smallest absolute Gasteiger partial charge is 0.303 e. The van der Waals surface area contributed by atoms with E-state index in [1.54, 1.807) is 32.3 Å². The predicted octanol–water partition coefficient (Wildman–Crippen LogP) is 0.953. The van der Waals surface area contributed by atoms with Gasteiger partial charge in [0.1, 0.15) is 0 Å². The predicted molar refractivity (Wildman–Crippen MR) is 64.6 cm³/mol. The molecule has 2 amide bonds. The molecule has 0 aliphatic heterocycles. The van der Waals surface area contributed by atoms with Crippen LogP contribution in [0.4, 0.5) is 0 Å². The molecule has 18 heavy (non-hydrogen) atoms. The lowest BCUT2D eigenvalue weighted by Gasteiger charge is -2.16. The molecule has 6 nitrogen and oxygen atoms in total. The van der Waals surface area contributed by atoms with Crippen LogP contribution in [0.2, 0.25) is 0 Å². The summed E-state index contributed by atoms with van der Waals surface area (Å²) in [7, 11) is 5.92. The standard InChI is InChI=1S/C12H16N2O4/c1-13(2)11(15)9-6-5-7-10(8-9)12(16)14(17-3)18-4/h5-8H,1-4H3. The number of benzene rings is 1. The van der Waals surface area contributed by atoms with Crippen molar-refractivity contribution in [2.75, 3.05) is 28.3 Å². The highest BCUT2D eigenvalue weighted by Crippen LogP contribution is 2.10. The molecule has 0 aliphatic carbocycles. The summed E-state index contributed by atoms with van der Waals surface area (Å²) in [5.41, 5.74) is 0.740. The van der Waals surface area contributed by atoms with Crippen molar-refractivity contribution in [2.24, 2.45) is 0 Å². The molecule has 1 aromatic carbocycles. The largest absolute Gasteiger partial charge is 0.345 e. The first-order chi connectivity index (χ1) is 8.51. The summed E-state index contributed by atoms with van der Waals surface area (Å²) < 4.78 is 0. The summed E-state index contributed by atoms with van der Waals surface area (Å²) in [5, 5.41) is 0.735. The zero-order valence-corrected chi connectivity index (χ0v) is 10.8. The van der Waals surface area contributed by atoms with Crippen LogP contribution in [0.15, 0.2) is 24.3 Å². The Morgan fingerprint density at radius 1 is 1.00 bits per heavy atom. The zero-order chi connectivity index (χ0) is 13.7. The zero-order valence-electron chi connectivity index (χ0n) is 10.8. The van der Waals surface area contributed by atoms with Gasteiger partial charge in [-0.1, -0.05) is 11.3 Å². The van der Waals surface area contributed by atoms with E-state index in [1.807, 2.05) is 0 Å². The number of hydrogen-bond donors (Lipinski definition) is 0. The van der Waals surface area contributed by atoms with Gasteiger partial charge in [-0.3, -0.25) is 9.59 Å². The Bertz CT molecular complexity index is 441. The third-order valence-electron chi connectivity index (χ3n) is 2.26. The number of carbonyl (C=O) groups is 2. The third-order valence-corrected chi connectivity index (χ3v) is 2.26. The van der Waals surface area contributed by atoms with Gasteiger partial charge >= 0.3 is 5.91 Å². The van der Waals surface area contributed by atoms with Gasteiger partial charge in [-0.15, -0.1) is 0 Å². The summed E-state index contributed by atoms with van der Waals surface area (Å²) in [6.45, 7) is 0. The van der Waals surface area contributed by atoms with Gasteiger partial charge in [0.05, 0.1) is 14.2 Å². The van der Waals surface area contributed by atoms with Crippen LogP contribution < -0.4 is 0 Å². The van der Waals surface area contributed by atoms with E-state index in [4.69, 9.17) is 9.68 Å². The second-order valence-electron chi connectivity index (χ2n) is 3.71. The van der Waals surface area contributed by atoms with Gasteiger partial charge in [-0.2, -0.15) is 0 Å². The monoisotopic (exact) mass is 252 g/mol. The topological polar surface area (TPSA) is 59.1 Å². The van der Waals surface area contributed by atoms with Gasteiger partial charge in [0, 0.05) is 25.2 Å². The van der Waals surface area contributed by atoms with Crippen molar-refractivity contribution in [3.63, 3.8) is 0 Å². The van der Waals surface area contributed by atoms with Crippen molar-refractivity contribution < 1.29 is 19.3 Å². The molecule has 0 fully saturated rings. The molecule has 0 aliphatic rings. The molecule has 0 saturated carbocycles. The lowest BCUT2D eigenvalue weighted by molar-refractivity contribution is -0.299. The Hall–Kier alpha value is -1.92. The maximum atomic E-state index is 11.9. The molecule has 98 valence electrons. The summed E-state index contributed by atoms with van der Waals surface area (Å²) in [6, 6.07) is 6.35. The fourth-order valence-corrected chi connectivity index (χ4v) is 1.39. The van der Waals surface area contributed by atoms with Crippen LogP contribution in [0.25, 0.3) is 0 Å². The minimum atomic E-state index is -0.478. The quantitative estimate of drug-likeness (QED) is 0.749. The molecule has 0 bridgehead atoms. The van der Waals surface area contributed by atoms with Crippen molar-refractivity contribution in [1.82, 2.24) is 10.1 Å². The van der Waals surface area contributed by atoms with Gasteiger partial charge in [0.2, 0.25) is 0 Å². The minimum Gasteiger partial charge on any atom is -0.345 e. The molecule has 0 spiro atoms. The molecular formula is C12H16N2O4. The lowest BCUT2D eigenvalue weighted by atomic mass is 10.1. The normalized spacial score (nSPS) is 10.0. The summed E-state index contributed by atoms with van der Waals surface area (Å²) in [6.07, 6.45) is 0. The number of hydroxylamine groups is 2. The SMILES string of the molecule is CON(OC)C(=O)c1cccc(C(=O)N(C)C)c1. The van der Waals surface area contributed by atoms with E-state index in [0.29, 0.717) is 11.1 Å². The molecule has 1 rings (SSSR count). The van der Waals surface area contributed by atoms with Crippen LogP contribution in [0.1, 0.15) is 20.7 Å². The van der Waals surface area contributed by atoms with Gasteiger partial charge < -0.3 is 4.90 Å². The van der Waals surface area contributed by atoms with Crippen LogP contribution in [-0.4, -0.2) is 50.3 Å². The van der Waals surface area contributed by atoms with Crippen LogP contribution >= 0.6 is 0 Å². The molecule has 1 aromatic rings. The molecule has 0 saturated heterocycles. The highest BCUT2D eigenvalue weighted by atomic mass is 16.9. The van der Waals surface area contributed by atoms with E-state index in [0.717, 1.165) is 5.23 Å². The fourth-order valence-electron chi connectivity index (χ4n) is 1.39. The van der Waals surface area contributed by atoms with Crippen molar-refractivity contribution in [1.29, 1.82) is 0 Å². The molecule has 0 heterocycles. The number of carbonyl (C=O) groups excluding carboxylic acids is 2. The summed E-state index contributed by atoms with van der Waals surface area (Å²) >= 11 is 0. The third kappa shape index (κ3) is 3.06. The molecule has 0 unspecified atom stereocenters. The Morgan fingerprint density at radius 2 is 1.50 bits per heavy atom. The molecule has 0 aromatic heterocycles. The highest BCUT2D eigenvalue weighted by Gasteiger charge is 2.17. The average Bonchev–Trinajstić information content (AvgIpc) is 2.39. The van der Waals surface area contributed by atoms with E-state index in [1.165, 1.54) is 25.2 Å². The Morgan fingerprint density at radius 3 is 1.94 bits per heavy atom. The van der Waals surface area contributed by atoms with Gasteiger partial charge in [0.15, 0.2) is 0 Å². The molecule has 0 radical (unpaired) electrons. The van der Waals surface area contributed by atoms with Gasteiger partial charge in [-0.05, 0) is 18.2 Å². The first kappa shape index (κ1) is 14.1. The molecular weight excluding hydrogens is 236 g/mol. The summed E-state index contributed by atoms with van der Waals surface area (Å²) in [5.74, 6) is -0.653. The molecule has 6 heteroatoms. The van der Waals surface area contributed by atoms with Crippen molar-refractivity contribution in [2.45, 2.75) is 0 Å². The molecule has 0 atom stereocenters. The van der Waals surface area contributed by atoms with Crippen molar-refractivity contribution in [3.8, 4) is 0 Å². The van der Waals surface area contributed by atoms with E-state index < -0.39 is 5.91 Å². The maximum Gasteiger partial charge on any atom is 0.303 e. The molecule has 0 N–H and O–H groups in total. The summed E-state index contributed by atoms with van der Waals surface area (Å²) in [4.78, 5) is 34.6. The van der Waals surface area contributed by atoms with Crippen LogP contribution in [0.3, 0.4) is 0 Å². The van der Waals surface area contributed by atoms with Crippen molar-refractivity contribution >= 4 is 11.8 Å². The number of amides is 2. The van der Waals surface area contributed by atoms with Gasteiger partial charge in [-0.25, -0.2) is 9.68 Å². The number of hydrogen-bond acceptors (Lipinski definition) is 4. The van der Waals surface area contributed by atoms with Crippen LogP contribution in [-0.2, 0) is 9.68 Å². The van der Waals surface area contributed by atoms with Crippen molar-refractivity contribution in [3.05, 3.63) is 35.4 Å². The van der Waals surface area contributed by atoms with E-state index in [-0.39, 0.29) is 5.91 Å². The average molecular weight is 252 g/mol. The fraction of sp³-hybridized carbons (Fsp3) is 0.333. The Labute approximate surface area is 106 Å². The van der Waals surface area contributed by atoms with E-state index >= 15 is 0 Å². The van der Waals surface area contributed by atoms with E-state index in [2.05, 4.69) is 0 Å². The van der Waals surface area contributed by atoms with E-state index in [9.17, 15) is 9.59 Å². The lowest BCUT2D eigenvalue weighted by Crippen LogP contribution is -2.29. The number of rotatable bonds is 4. The second kappa shape index (κ2) is 6.13. The minimum absolute atomic E-state index is 0.175. The van der Waals surface area contributed by atoms with Gasteiger partial charge in [0.25, 0.3) is 5.91 Å². The first-order valence-electron chi connectivity index (χ1n) is 5.25. The maximum absolute atomic E-state index is 11.9. The van der Waals surface area contributed by atoms with Crippen LogP contribution in [0, 0.1) is 0 Å². The highest BCUT2D eigenvalue weighted by molar-refractivity contribution is 5.98. The second-order valence-corrected chi connectivity index (χ2v) is 3.71. The Balaban J connectivity index is 3.02.